The third-order valence-corrected chi connectivity index (χ3v) is 3.98. The van der Waals surface area contributed by atoms with E-state index in [2.05, 4.69) is 12.1 Å². The molecule has 18 heavy (non-hydrogen) atoms. The average molecular weight is 246 g/mol. The number of Topliss-reactive ketones (excluding diaryl/α,β-unsaturated/α-hetero) is 1. The van der Waals surface area contributed by atoms with Crippen molar-refractivity contribution in [2.75, 3.05) is 0 Å². The summed E-state index contributed by atoms with van der Waals surface area (Å²) in [6, 6.07) is 7.97. The van der Waals surface area contributed by atoms with E-state index in [4.69, 9.17) is 0 Å². The first kappa shape index (κ1) is 13.3. The van der Waals surface area contributed by atoms with Gasteiger partial charge in [0.2, 0.25) is 0 Å². The summed E-state index contributed by atoms with van der Waals surface area (Å²) in [6.45, 7) is 1.78. The molecule has 1 unspecified atom stereocenters. The van der Waals surface area contributed by atoms with Gasteiger partial charge in [0.05, 0.1) is 0 Å². The molecule has 1 aliphatic rings. The molecule has 2 nitrogen and oxygen atoms in total. The van der Waals surface area contributed by atoms with Gasteiger partial charge in [-0.25, -0.2) is 0 Å². The number of aliphatic hydroxyl groups excluding tert-OH is 1. The molecule has 1 N–H and O–H groups in total. The highest BCUT2D eigenvalue weighted by Crippen LogP contribution is 2.33. The van der Waals surface area contributed by atoms with Crippen LogP contribution in [0.15, 0.2) is 24.3 Å². The second-order valence-electron chi connectivity index (χ2n) is 5.22. The molecule has 0 bridgehead atoms. The molecule has 0 aromatic heterocycles. The molecule has 0 saturated heterocycles. The van der Waals surface area contributed by atoms with E-state index in [-0.39, 0.29) is 5.78 Å². The summed E-state index contributed by atoms with van der Waals surface area (Å²) in [5.74, 6) is 0.562. The summed E-state index contributed by atoms with van der Waals surface area (Å²) in [4.78, 5) is 11.4. The molecule has 0 heterocycles. The second-order valence-corrected chi connectivity index (χ2v) is 5.22. The van der Waals surface area contributed by atoms with Crippen LogP contribution < -0.4 is 0 Å². The average Bonchev–Trinajstić information content (AvgIpc) is 2.47. The van der Waals surface area contributed by atoms with Crippen molar-refractivity contribution >= 4 is 5.78 Å². The lowest BCUT2D eigenvalue weighted by Gasteiger charge is -2.22. The molecule has 0 spiro atoms. The minimum atomic E-state index is -0.949. The Morgan fingerprint density at radius 1 is 1.22 bits per heavy atom. The third-order valence-electron chi connectivity index (χ3n) is 3.98. The zero-order valence-corrected chi connectivity index (χ0v) is 11.1. The van der Waals surface area contributed by atoms with Gasteiger partial charge in [-0.1, -0.05) is 50.5 Å². The van der Waals surface area contributed by atoms with Crippen LogP contribution >= 0.6 is 0 Å². The summed E-state index contributed by atoms with van der Waals surface area (Å²) in [6.07, 6.45) is 5.98. The Morgan fingerprint density at radius 2 is 1.83 bits per heavy atom. The smallest absolute Gasteiger partial charge is 0.165 e. The van der Waals surface area contributed by atoms with Crippen molar-refractivity contribution in [2.24, 2.45) is 0 Å². The van der Waals surface area contributed by atoms with E-state index in [1.54, 1.807) is 6.92 Å². The monoisotopic (exact) mass is 246 g/mol. The largest absolute Gasteiger partial charge is 0.381 e. The topological polar surface area (TPSA) is 37.3 Å². The van der Waals surface area contributed by atoms with Gasteiger partial charge in [0.1, 0.15) is 6.10 Å². The van der Waals surface area contributed by atoms with Crippen LogP contribution in [0.5, 0.6) is 0 Å². The van der Waals surface area contributed by atoms with Gasteiger partial charge in [0.15, 0.2) is 5.78 Å². The third kappa shape index (κ3) is 2.99. The Morgan fingerprint density at radius 3 is 2.39 bits per heavy atom. The van der Waals surface area contributed by atoms with Gasteiger partial charge in [-0.2, -0.15) is 0 Å². The summed E-state index contributed by atoms with van der Waals surface area (Å²) in [5.41, 5.74) is 2.08. The van der Waals surface area contributed by atoms with E-state index < -0.39 is 6.10 Å². The molecular formula is C16H22O2. The molecule has 1 atom stereocenters. The molecule has 1 aromatic rings. The molecule has 0 aliphatic heterocycles. The van der Waals surface area contributed by atoms with E-state index in [1.807, 2.05) is 12.1 Å². The normalized spacial score (nSPS) is 18.6. The fourth-order valence-corrected chi connectivity index (χ4v) is 2.77. The minimum absolute atomic E-state index is 0.111. The van der Waals surface area contributed by atoms with Crippen molar-refractivity contribution in [3.63, 3.8) is 0 Å². The highest BCUT2D eigenvalue weighted by atomic mass is 16.3. The lowest BCUT2D eigenvalue weighted by atomic mass is 9.83. The molecule has 2 rings (SSSR count). The van der Waals surface area contributed by atoms with Crippen molar-refractivity contribution in [1.82, 2.24) is 0 Å². The van der Waals surface area contributed by atoms with Gasteiger partial charge in [0, 0.05) is 6.42 Å². The number of rotatable bonds is 4. The molecule has 1 fully saturated rings. The van der Waals surface area contributed by atoms with Crippen LogP contribution in [0, 0.1) is 0 Å². The SMILES string of the molecule is CCC(=O)C(O)c1ccc(C2CCCCC2)cc1. The Hall–Kier alpha value is -1.15. The molecule has 1 saturated carbocycles. The number of carbonyl (C=O) groups excluding carboxylic acids is 1. The molecule has 1 aliphatic carbocycles. The summed E-state index contributed by atoms with van der Waals surface area (Å²) >= 11 is 0. The zero-order valence-electron chi connectivity index (χ0n) is 11.1. The van der Waals surface area contributed by atoms with Crippen molar-refractivity contribution in [3.8, 4) is 0 Å². The van der Waals surface area contributed by atoms with E-state index in [1.165, 1.54) is 37.7 Å². The fourth-order valence-electron chi connectivity index (χ4n) is 2.77. The Balaban J connectivity index is 2.07. The maximum atomic E-state index is 11.4. The lowest BCUT2D eigenvalue weighted by Crippen LogP contribution is -2.11. The molecule has 0 radical (unpaired) electrons. The van der Waals surface area contributed by atoms with Crippen molar-refractivity contribution < 1.29 is 9.90 Å². The van der Waals surface area contributed by atoms with Crippen LogP contribution in [0.4, 0.5) is 0 Å². The summed E-state index contributed by atoms with van der Waals surface area (Å²) in [7, 11) is 0. The predicted molar refractivity (Wildman–Crippen MR) is 72.5 cm³/mol. The van der Waals surface area contributed by atoms with E-state index in [0.717, 1.165) is 5.56 Å². The number of hydrogen-bond acceptors (Lipinski definition) is 2. The first-order valence-corrected chi connectivity index (χ1v) is 7.03. The van der Waals surface area contributed by atoms with Gasteiger partial charge in [-0.05, 0) is 29.9 Å². The molecule has 98 valence electrons. The Kier molecular flexibility index (Phi) is 4.54. The van der Waals surface area contributed by atoms with Crippen molar-refractivity contribution in [3.05, 3.63) is 35.4 Å². The van der Waals surface area contributed by atoms with Crippen LogP contribution in [-0.2, 0) is 4.79 Å². The van der Waals surface area contributed by atoms with Crippen LogP contribution in [-0.4, -0.2) is 10.9 Å². The van der Waals surface area contributed by atoms with Gasteiger partial charge in [-0.3, -0.25) is 4.79 Å². The highest BCUT2D eigenvalue weighted by Gasteiger charge is 2.18. The maximum Gasteiger partial charge on any atom is 0.165 e. The summed E-state index contributed by atoms with van der Waals surface area (Å²) < 4.78 is 0. The quantitative estimate of drug-likeness (QED) is 0.878. The van der Waals surface area contributed by atoms with E-state index in [0.29, 0.717) is 12.3 Å². The molecule has 1 aromatic carbocycles. The van der Waals surface area contributed by atoms with E-state index in [9.17, 15) is 9.90 Å². The Labute approximate surface area is 109 Å². The molecule has 2 heteroatoms. The number of aliphatic hydroxyl groups is 1. The van der Waals surface area contributed by atoms with E-state index >= 15 is 0 Å². The predicted octanol–water partition coefficient (Wildman–Crippen LogP) is 3.75. The first-order chi connectivity index (χ1) is 8.72. The second kappa shape index (κ2) is 6.14. The zero-order chi connectivity index (χ0) is 13.0. The highest BCUT2D eigenvalue weighted by molar-refractivity contribution is 5.83. The lowest BCUT2D eigenvalue weighted by molar-refractivity contribution is -0.127. The number of carbonyl (C=O) groups is 1. The van der Waals surface area contributed by atoms with Gasteiger partial charge in [0.25, 0.3) is 0 Å². The summed E-state index contributed by atoms with van der Waals surface area (Å²) in [5, 5.41) is 9.84. The molecular weight excluding hydrogens is 224 g/mol. The number of benzene rings is 1. The maximum absolute atomic E-state index is 11.4. The van der Waals surface area contributed by atoms with Gasteiger partial charge >= 0.3 is 0 Å². The van der Waals surface area contributed by atoms with Gasteiger partial charge < -0.3 is 5.11 Å². The number of ketones is 1. The standard InChI is InChI=1S/C16H22O2/c1-2-15(17)16(18)14-10-8-13(9-11-14)12-6-4-3-5-7-12/h8-12,16,18H,2-7H2,1H3. The molecule has 0 amide bonds. The van der Waals surface area contributed by atoms with Crippen LogP contribution in [0.2, 0.25) is 0 Å². The van der Waals surface area contributed by atoms with Crippen LogP contribution in [0.1, 0.15) is 68.6 Å². The van der Waals surface area contributed by atoms with Crippen molar-refractivity contribution in [1.29, 1.82) is 0 Å². The van der Waals surface area contributed by atoms with Crippen LogP contribution in [0.3, 0.4) is 0 Å². The minimum Gasteiger partial charge on any atom is -0.381 e. The number of hydrogen-bond donors (Lipinski definition) is 1. The van der Waals surface area contributed by atoms with Gasteiger partial charge in [-0.15, -0.1) is 0 Å². The fraction of sp³-hybridized carbons (Fsp3) is 0.562. The van der Waals surface area contributed by atoms with Crippen LogP contribution in [0.25, 0.3) is 0 Å². The van der Waals surface area contributed by atoms with Crippen molar-refractivity contribution in [2.45, 2.75) is 57.5 Å². The first-order valence-electron chi connectivity index (χ1n) is 7.03. The Bertz CT molecular complexity index is 388.